The van der Waals surface area contributed by atoms with Crippen molar-refractivity contribution in [1.82, 2.24) is 0 Å². The van der Waals surface area contributed by atoms with Crippen LogP contribution in [0.5, 0.6) is 17.2 Å². The molecule has 196 valence electrons. The van der Waals surface area contributed by atoms with Crippen molar-refractivity contribution in [1.29, 1.82) is 0 Å². The number of hydrogen-bond acceptors (Lipinski definition) is 7. The van der Waals surface area contributed by atoms with Crippen molar-refractivity contribution in [3.63, 3.8) is 0 Å². The minimum Gasteiger partial charge on any atom is -0.508 e. The monoisotopic (exact) mass is 534 g/mol. The topological polar surface area (TPSA) is 99.5 Å². The third-order valence-electron chi connectivity index (χ3n) is 6.98. The predicted molar refractivity (Wildman–Crippen MR) is 145 cm³/mol. The number of nitrogens with zero attached hydrogens (tertiary/aromatic N) is 2. The molecule has 0 aliphatic carbocycles. The van der Waals surface area contributed by atoms with Crippen LogP contribution in [0.2, 0.25) is 5.02 Å². The van der Waals surface area contributed by atoms with Gasteiger partial charge in [0.15, 0.2) is 0 Å². The summed E-state index contributed by atoms with van der Waals surface area (Å²) >= 11 is 6.33. The lowest BCUT2D eigenvalue weighted by Crippen LogP contribution is -2.29. The Kier molecular flexibility index (Phi) is 6.91. The maximum absolute atomic E-state index is 13.5. The molecule has 5 rings (SSSR count). The summed E-state index contributed by atoms with van der Waals surface area (Å²) in [5.41, 5.74) is 2.10. The highest BCUT2D eigenvalue weighted by Gasteiger charge is 2.47. The van der Waals surface area contributed by atoms with Crippen molar-refractivity contribution < 1.29 is 29.3 Å². The molecule has 2 heterocycles. The van der Waals surface area contributed by atoms with Crippen LogP contribution in [0.15, 0.2) is 66.2 Å². The third kappa shape index (κ3) is 4.41. The number of halogens is 1. The van der Waals surface area contributed by atoms with Crippen LogP contribution in [0, 0.1) is 0 Å². The zero-order chi connectivity index (χ0) is 27.0. The van der Waals surface area contributed by atoms with Gasteiger partial charge in [-0.1, -0.05) is 23.7 Å². The number of benzene rings is 3. The van der Waals surface area contributed by atoms with Crippen LogP contribution in [0.3, 0.4) is 0 Å². The van der Waals surface area contributed by atoms with E-state index < -0.39 is 23.5 Å². The van der Waals surface area contributed by atoms with Crippen molar-refractivity contribution in [2.75, 3.05) is 37.1 Å². The number of carbonyl (C=O) groups is 2. The van der Waals surface area contributed by atoms with E-state index in [1.54, 1.807) is 24.3 Å². The molecule has 1 unspecified atom stereocenters. The number of aliphatic hydroxyl groups is 1. The molecule has 0 radical (unpaired) electrons. The molecule has 2 aliphatic rings. The van der Waals surface area contributed by atoms with E-state index in [4.69, 9.17) is 21.1 Å². The highest BCUT2D eigenvalue weighted by molar-refractivity contribution is 6.51. The summed E-state index contributed by atoms with van der Waals surface area (Å²) in [4.78, 5) is 30.6. The number of rotatable bonds is 6. The van der Waals surface area contributed by atoms with Gasteiger partial charge in [-0.25, -0.2) is 0 Å². The number of methoxy groups -OCH3 is 2. The molecule has 2 fully saturated rings. The second-order valence-electron chi connectivity index (χ2n) is 9.16. The smallest absolute Gasteiger partial charge is 0.300 e. The highest BCUT2D eigenvalue weighted by Crippen LogP contribution is 2.45. The molecule has 0 bridgehead atoms. The Bertz CT molecular complexity index is 1410. The first-order valence-electron chi connectivity index (χ1n) is 12.2. The molecule has 3 aromatic rings. The number of aromatic hydroxyl groups is 1. The lowest BCUT2D eigenvalue weighted by atomic mass is 9.94. The summed E-state index contributed by atoms with van der Waals surface area (Å²) in [6.07, 6.45) is 2.27. The number of anilines is 2. The molecule has 0 spiro atoms. The van der Waals surface area contributed by atoms with Crippen molar-refractivity contribution in [2.24, 2.45) is 0 Å². The van der Waals surface area contributed by atoms with Gasteiger partial charge < -0.3 is 24.6 Å². The van der Waals surface area contributed by atoms with Gasteiger partial charge in [-0.05, 0) is 60.9 Å². The molecule has 1 atom stereocenters. The SMILES string of the molecule is COc1cc(OC)c(/C(O)=C2\C(=O)C(=O)N(c3ccc(N4CCCC4)cc3)C2c2ccc(O)cc2)cc1Cl. The molecule has 0 saturated carbocycles. The van der Waals surface area contributed by atoms with Gasteiger partial charge in [0, 0.05) is 30.5 Å². The Morgan fingerprint density at radius 1 is 0.895 bits per heavy atom. The van der Waals surface area contributed by atoms with E-state index in [2.05, 4.69) is 4.90 Å². The quantitative estimate of drug-likeness (QED) is 0.252. The van der Waals surface area contributed by atoms with Gasteiger partial charge in [-0.15, -0.1) is 0 Å². The Morgan fingerprint density at radius 2 is 1.50 bits per heavy atom. The number of ether oxygens (including phenoxy) is 2. The van der Waals surface area contributed by atoms with Gasteiger partial charge in [0.2, 0.25) is 0 Å². The third-order valence-corrected chi connectivity index (χ3v) is 7.28. The van der Waals surface area contributed by atoms with E-state index in [0.717, 1.165) is 31.6 Å². The molecule has 2 saturated heterocycles. The van der Waals surface area contributed by atoms with Crippen molar-refractivity contribution in [3.8, 4) is 17.2 Å². The number of carbonyl (C=O) groups excluding carboxylic acids is 2. The van der Waals surface area contributed by atoms with Gasteiger partial charge >= 0.3 is 0 Å². The van der Waals surface area contributed by atoms with Crippen LogP contribution >= 0.6 is 11.6 Å². The normalized spacial score (nSPS) is 18.8. The van der Waals surface area contributed by atoms with Crippen LogP contribution in [0.4, 0.5) is 11.4 Å². The second-order valence-corrected chi connectivity index (χ2v) is 9.57. The first-order chi connectivity index (χ1) is 18.3. The second kappa shape index (κ2) is 10.3. The summed E-state index contributed by atoms with van der Waals surface area (Å²) in [6, 6.07) is 15.6. The zero-order valence-electron chi connectivity index (χ0n) is 21.0. The first kappa shape index (κ1) is 25.5. The zero-order valence-corrected chi connectivity index (χ0v) is 21.7. The van der Waals surface area contributed by atoms with Crippen molar-refractivity contribution >= 4 is 40.4 Å². The molecule has 9 heteroatoms. The molecule has 38 heavy (non-hydrogen) atoms. The average molecular weight is 535 g/mol. The van der Waals surface area contributed by atoms with Gasteiger partial charge in [0.25, 0.3) is 11.7 Å². The molecule has 8 nitrogen and oxygen atoms in total. The van der Waals surface area contributed by atoms with E-state index in [0.29, 0.717) is 17.0 Å². The number of hydrogen-bond donors (Lipinski definition) is 2. The standard InChI is InChI=1S/C29H27ClN2O6/c1-37-23-16-24(38-2)22(30)15-21(23)27(34)25-26(17-5-11-20(33)12-6-17)32(29(36)28(25)35)19-9-7-18(8-10-19)31-13-3-4-14-31/h5-12,15-16,26,33-34H,3-4,13-14H2,1-2H3/b27-25+. The Hall–Kier alpha value is -4.17. The Balaban J connectivity index is 1.66. The van der Waals surface area contributed by atoms with Crippen LogP contribution < -0.4 is 19.3 Å². The first-order valence-corrected chi connectivity index (χ1v) is 12.6. The molecular formula is C29H27ClN2O6. The summed E-state index contributed by atoms with van der Waals surface area (Å²) in [6.45, 7) is 1.95. The minimum absolute atomic E-state index is 0.0317. The van der Waals surface area contributed by atoms with Crippen LogP contribution in [-0.2, 0) is 9.59 Å². The van der Waals surface area contributed by atoms with E-state index in [1.165, 1.54) is 43.4 Å². The average Bonchev–Trinajstić information content (AvgIpc) is 3.56. The number of amides is 1. The van der Waals surface area contributed by atoms with Crippen molar-refractivity contribution in [3.05, 3.63) is 82.4 Å². The largest absolute Gasteiger partial charge is 0.508 e. The highest BCUT2D eigenvalue weighted by atomic mass is 35.5. The molecule has 2 N–H and O–H groups in total. The molecule has 3 aromatic carbocycles. The van der Waals surface area contributed by atoms with Crippen LogP contribution in [0.1, 0.15) is 30.0 Å². The fraction of sp³-hybridized carbons (Fsp3) is 0.241. The summed E-state index contributed by atoms with van der Waals surface area (Å²) < 4.78 is 10.7. The molecular weight excluding hydrogens is 508 g/mol. The maximum Gasteiger partial charge on any atom is 0.300 e. The number of ketones is 1. The molecule has 0 aromatic heterocycles. The lowest BCUT2D eigenvalue weighted by Gasteiger charge is -2.26. The van der Waals surface area contributed by atoms with Crippen molar-refractivity contribution in [2.45, 2.75) is 18.9 Å². The fourth-order valence-electron chi connectivity index (χ4n) is 5.06. The van der Waals surface area contributed by atoms with E-state index in [9.17, 15) is 19.8 Å². The number of aliphatic hydroxyl groups excluding tert-OH is 1. The number of Topliss-reactive ketones (excluding diaryl/α,β-unsaturated/α-hetero) is 1. The summed E-state index contributed by atoms with van der Waals surface area (Å²) in [7, 11) is 2.86. The van der Waals surface area contributed by atoms with Crippen LogP contribution in [-0.4, -0.2) is 49.2 Å². The summed E-state index contributed by atoms with van der Waals surface area (Å²) in [5.74, 6) is -1.48. The Morgan fingerprint density at radius 3 is 2.11 bits per heavy atom. The predicted octanol–water partition coefficient (Wildman–Crippen LogP) is 5.29. The van der Waals surface area contributed by atoms with Gasteiger partial charge in [0.1, 0.15) is 23.0 Å². The van der Waals surface area contributed by atoms with Gasteiger partial charge in [-0.3, -0.25) is 14.5 Å². The van der Waals surface area contributed by atoms with E-state index >= 15 is 0 Å². The van der Waals surface area contributed by atoms with E-state index in [-0.39, 0.29) is 27.7 Å². The molecule has 2 aliphatic heterocycles. The number of phenolic OH excluding ortho intramolecular Hbond substituents is 1. The van der Waals surface area contributed by atoms with Gasteiger partial charge in [-0.2, -0.15) is 0 Å². The maximum atomic E-state index is 13.5. The lowest BCUT2D eigenvalue weighted by molar-refractivity contribution is -0.132. The van der Waals surface area contributed by atoms with E-state index in [1.807, 2.05) is 12.1 Å². The van der Waals surface area contributed by atoms with Crippen LogP contribution in [0.25, 0.3) is 5.76 Å². The summed E-state index contributed by atoms with van der Waals surface area (Å²) in [5, 5.41) is 21.6. The molecule has 1 amide bonds. The number of phenols is 1. The fourth-order valence-corrected chi connectivity index (χ4v) is 5.30. The minimum atomic E-state index is -0.959. The van der Waals surface area contributed by atoms with Gasteiger partial charge in [0.05, 0.1) is 36.4 Å². The Labute approximate surface area is 225 Å².